The summed E-state index contributed by atoms with van der Waals surface area (Å²) in [6, 6.07) is 0.131. The lowest BCUT2D eigenvalue weighted by Crippen LogP contribution is -2.39. The second-order valence-corrected chi connectivity index (χ2v) is 5.50. The Labute approximate surface area is 122 Å². The van der Waals surface area contributed by atoms with Crippen LogP contribution in [-0.2, 0) is 0 Å². The first kappa shape index (κ1) is 14.9. The number of likely N-dealkylation sites (N-methyl/N-ethyl adjacent to an activating group) is 1. The van der Waals surface area contributed by atoms with Crippen LogP contribution >= 0.6 is 11.6 Å². The SMILES string of the molecule is Cc1nc(Cl)nc(N2CCCN(C)CC2C)c1[N+](=O)[O-]. The fourth-order valence-corrected chi connectivity index (χ4v) is 2.83. The van der Waals surface area contributed by atoms with Crippen LogP contribution in [0.1, 0.15) is 19.0 Å². The summed E-state index contributed by atoms with van der Waals surface area (Å²) < 4.78 is 0. The molecule has 1 aliphatic rings. The van der Waals surface area contributed by atoms with Crippen LogP contribution in [0.5, 0.6) is 0 Å². The van der Waals surface area contributed by atoms with E-state index in [1.54, 1.807) is 6.92 Å². The molecule has 1 aromatic heterocycles. The first-order valence-corrected chi connectivity index (χ1v) is 6.91. The summed E-state index contributed by atoms with van der Waals surface area (Å²) in [5.74, 6) is 0.329. The van der Waals surface area contributed by atoms with E-state index in [2.05, 4.69) is 14.9 Å². The Balaban J connectivity index is 2.47. The predicted molar refractivity (Wildman–Crippen MR) is 77.4 cm³/mol. The topological polar surface area (TPSA) is 75.4 Å². The Morgan fingerprint density at radius 1 is 1.40 bits per heavy atom. The summed E-state index contributed by atoms with van der Waals surface area (Å²) in [5.41, 5.74) is 0.251. The molecule has 0 amide bonds. The normalized spacial score (nSPS) is 20.8. The second-order valence-electron chi connectivity index (χ2n) is 5.17. The Morgan fingerprint density at radius 3 is 2.75 bits per heavy atom. The van der Waals surface area contributed by atoms with Crippen LogP contribution in [0.25, 0.3) is 0 Å². The van der Waals surface area contributed by atoms with Crippen molar-refractivity contribution in [3.63, 3.8) is 0 Å². The van der Waals surface area contributed by atoms with Crippen molar-refractivity contribution in [1.29, 1.82) is 0 Å². The van der Waals surface area contributed by atoms with E-state index in [0.717, 1.165) is 26.1 Å². The summed E-state index contributed by atoms with van der Waals surface area (Å²) in [4.78, 5) is 23.1. The summed E-state index contributed by atoms with van der Waals surface area (Å²) in [7, 11) is 2.05. The van der Waals surface area contributed by atoms with Gasteiger partial charge in [-0.2, -0.15) is 4.98 Å². The van der Waals surface area contributed by atoms with Crippen LogP contribution in [-0.4, -0.2) is 52.5 Å². The fraction of sp³-hybridized carbons (Fsp3) is 0.667. The predicted octanol–water partition coefficient (Wildman–Crippen LogP) is 1.88. The zero-order valence-electron chi connectivity index (χ0n) is 11.8. The van der Waals surface area contributed by atoms with Gasteiger partial charge in [0.15, 0.2) is 0 Å². The number of hydrogen-bond acceptors (Lipinski definition) is 6. The van der Waals surface area contributed by atoms with E-state index < -0.39 is 4.92 Å². The Hall–Kier alpha value is -1.47. The molecule has 8 heteroatoms. The van der Waals surface area contributed by atoms with Crippen LogP contribution in [0.4, 0.5) is 11.5 Å². The van der Waals surface area contributed by atoms with Gasteiger partial charge in [-0.05, 0) is 45.5 Å². The van der Waals surface area contributed by atoms with Gasteiger partial charge in [0.2, 0.25) is 11.1 Å². The smallest absolute Gasteiger partial charge is 0.332 e. The van der Waals surface area contributed by atoms with Gasteiger partial charge in [0.25, 0.3) is 0 Å². The second kappa shape index (κ2) is 5.88. The first-order chi connectivity index (χ1) is 9.40. The van der Waals surface area contributed by atoms with E-state index in [0.29, 0.717) is 11.5 Å². The van der Waals surface area contributed by atoms with Gasteiger partial charge in [-0.3, -0.25) is 10.1 Å². The van der Waals surface area contributed by atoms with E-state index in [1.165, 1.54) is 0 Å². The minimum atomic E-state index is -0.428. The zero-order chi connectivity index (χ0) is 14.9. The molecule has 1 saturated heterocycles. The van der Waals surface area contributed by atoms with Gasteiger partial charge in [0.1, 0.15) is 5.69 Å². The molecule has 0 saturated carbocycles. The number of nitrogens with zero attached hydrogens (tertiary/aromatic N) is 5. The molecule has 1 aromatic rings. The molecule has 2 heterocycles. The van der Waals surface area contributed by atoms with Crippen LogP contribution < -0.4 is 4.90 Å². The van der Waals surface area contributed by atoms with Gasteiger partial charge in [-0.25, -0.2) is 4.98 Å². The lowest BCUT2D eigenvalue weighted by Gasteiger charge is -2.28. The number of hydrogen-bond donors (Lipinski definition) is 0. The van der Waals surface area contributed by atoms with Crippen LogP contribution in [0.3, 0.4) is 0 Å². The van der Waals surface area contributed by atoms with E-state index >= 15 is 0 Å². The highest BCUT2D eigenvalue weighted by Gasteiger charge is 2.30. The lowest BCUT2D eigenvalue weighted by atomic mass is 10.2. The first-order valence-electron chi connectivity index (χ1n) is 6.54. The van der Waals surface area contributed by atoms with Crippen molar-refractivity contribution in [1.82, 2.24) is 14.9 Å². The van der Waals surface area contributed by atoms with Crippen molar-refractivity contribution in [3.05, 3.63) is 21.1 Å². The minimum absolute atomic E-state index is 0.0490. The quantitative estimate of drug-likeness (QED) is 0.471. The number of anilines is 1. The largest absolute Gasteiger partial charge is 0.347 e. The van der Waals surface area contributed by atoms with Crippen molar-refractivity contribution in [3.8, 4) is 0 Å². The highest BCUT2D eigenvalue weighted by Crippen LogP contribution is 2.31. The van der Waals surface area contributed by atoms with Gasteiger partial charge >= 0.3 is 5.69 Å². The van der Waals surface area contributed by atoms with E-state index in [4.69, 9.17) is 11.6 Å². The summed E-state index contributed by atoms with van der Waals surface area (Å²) >= 11 is 5.88. The summed E-state index contributed by atoms with van der Waals surface area (Å²) in [6.07, 6.45) is 0.929. The third-order valence-corrected chi connectivity index (χ3v) is 3.68. The Morgan fingerprint density at radius 2 is 2.10 bits per heavy atom. The monoisotopic (exact) mass is 299 g/mol. The van der Waals surface area contributed by atoms with E-state index in [-0.39, 0.29) is 17.0 Å². The zero-order valence-corrected chi connectivity index (χ0v) is 12.6. The number of halogens is 1. The maximum Gasteiger partial charge on any atom is 0.332 e. The number of nitro groups is 1. The molecule has 0 N–H and O–H groups in total. The minimum Gasteiger partial charge on any atom is -0.347 e. The standard InChI is InChI=1S/C12H18ClN5O2/c1-8-7-16(3)5-4-6-17(8)11-10(18(19)20)9(2)14-12(13)15-11/h8H,4-7H2,1-3H3. The van der Waals surface area contributed by atoms with Crippen LogP contribution in [0.2, 0.25) is 5.28 Å². The molecule has 0 radical (unpaired) electrons. The van der Waals surface area contributed by atoms with Crippen molar-refractivity contribution < 1.29 is 4.92 Å². The van der Waals surface area contributed by atoms with E-state index in [1.807, 2.05) is 18.9 Å². The molecular weight excluding hydrogens is 282 g/mol. The van der Waals surface area contributed by atoms with Gasteiger partial charge in [-0.15, -0.1) is 0 Å². The van der Waals surface area contributed by atoms with Gasteiger partial charge in [0.05, 0.1) is 4.92 Å². The number of aryl methyl sites for hydroxylation is 1. The molecule has 0 bridgehead atoms. The molecule has 1 atom stereocenters. The van der Waals surface area contributed by atoms with Crippen LogP contribution in [0, 0.1) is 17.0 Å². The molecule has 7 nitrogen and oxygen atoms in total. The highest BCUT2D eigenvalue weighted by molar-refractivity contribution is 6.28. The van der Waals surface area contributed by atoms with Gasteiger partial charge in [0, 0.05) is 19.1 Å². The molecule has 0 spiro atoms. The molecule has 0 aromatic carbocycles. The lowest BCUT2D eigenvalue weighted by molar-refractivity contribution is -0.385. The molecule has 0 aliphatic carbocycles. The highest BCUT2D eigenvalue weighted by atomic mass is 35.5. The maximum atomic E-state index is 11.3. The molecule has 2 rings (SSSR count). The fourth-order valence-electron chi connectivity index (χ4n) is 2.62. The van der Waals surface area contributed by atoms with Gasteiger partial charge < -0.3 is 9.80 Å². The van der Waals surface area contributed by atoms with Crippen LogP contribution in [0.15, 0.2) is 0 Å². The molecular formula is C12H18ClN5O2. The average Bonchev–Trinajstić information content (AvgIpc) is 2.48. The number of rotatable bonds is 2. The maximum absolute atomic E-state index is 11.3. The van der Waals surface area contributed by atoms with Gasteiger partial charge in [-0.1, -0.05) is 0 Å². The van der Waals surface area contributed by atoms with Crippen molar-refractivity contribution in [2.24, 2.45) is 0 Å². The Bertz CT molecular complexity index is 525. The molecule has 20 heavy (non-hydrogen) atoms. The summed E-state index contributed by atoms with van der Waals surface area (Å²) in [6.45, 7) is 6.14. The third-order valence-electron chi connectivity index (χ3n) is 3.51. The Kier molecular flexibility index (Phi) is 4.39. The molecule has 110 valence electrons. The third kappa shape index (κ3) is 2.99. The summed E-state index contributed by atoms with van der Waals surface area (Å²) in [5, 5.41) is 11.3. The molecule has 1 aliphatic heterocycles. The molecule has 1 unspecified atom stereocenters. The van der Waals surface area contributed by atoms with Crippen molar-refractivity contribution >= 4 is 23.1 Å². The number of aromatic nitrogens is 2. The van der Waals surface area contributed by atoms with E-state index in [9.17, 15) is 10.1 Å². The van der Waals surface area contributed by atoms with Crippen molar-refractivity contribution in [2.75, 3.05) is 31.6 Å². The molecule has 1 fully saturated rings. The average molecular weight is 300 g/mol. The van der Waals surface area contributed by atoms with Crippen molar-refractivity contribution in [2.45, 2.75) is 26.3 Å².